The number of aldehydes is 1. The van der Waals surface area contributed by atoms with Gasteiger partial charge in [-0.3, -0.25) is 4.79 Å². The number of carbonyl (C=O) groups excluding carboxylic acids is 1. The molecule has 1 unspecified atom stereocenters. The molecule has 1 aliphatic rings. The summed E-state index contributed by atoms with van der Waals surface area (Å²) >= 11 is 2.05. The predicted molar refractivity (Wildman–Crippen MR) is 73.1 cm³/mol. The standard InChI is InChI=1S/C13H18N2OS/c1-3-12-8-15(4-5-17-12)13-10(2)6-11(9-16)7-14-13/h6-7,9,12H,3-5,8H2,1-2H3. The van der Waals surface area contributed by atoms with E-state index in [0.29, 0.717) is 10.8 Å². The molecule has 1 aromatic rings. The summed E-state index contributed by atoms with van der Waals surface area (Å²) in [5, 5.41) is 0.704. The highest BCUT2D eigenvalue weighted by Crippen LogP contribution is 2.26. The molecule has 3 nitrogen and oxygen atoms in total. The Bertz CT molecular complexity index is 408. The molecule has 0 saturated carbocycles. The fourth-order valence-electron chi connectivity index (χ4n) is 2.14. The Labute approximate surface area is 107 Å². The molecule has 0 radical (unpaired) electrons. The third-order valence-corrected chi connectivity index (χ3v) is 4.47. The Balaban J connectivity index is 2.18. The second-order valence-corrected chi connectivity index (χ2v) is 5.78. The quantitative estimate of drug-likeness (QED) is 0.772. The van der Waals surface area contributed by atoms with Crippen LogP contribution in [0.3, 0.4) is 0 Å². The molecule has 0 bridgehead atoms. The summed E-state index contributed by atoms with van der Waals surface area (Å²) in [6, 6.07) is 1.91. The molecule has 0 amide bonds. The zero-order chi connectivity index (χ0) is 12.3. The molecule has 0 aromatic carbocycles. The average molecular weight is 250 g/mol. The lowest BCUT2D eigenvalue weighted by molar-refractivity contribution is 0.112. The molecule has 1 aliphatic heterocycles. The van der Waals surface area contributed by atoms with Gasteiger partial charge >= 0.3 is 0 Å². The van der Waals surface area contributed by atoms with Crippen molar-refractivity contribution in [1.29, 1.82) is 0 Å². The van der Waals surface area contributed by atoms with Crippen molar-refractivity contribution in [2.24, 2.45) is 0 Å². The number of nitrogens with zero attached hydrogens (tertiary/aromatic N) is 2. The summed E-state index contributed by atoms with van der Waals surface area (Å²) in [4.78, 5) is 17.5. The Morgan fingerprint density at radius 1 is 1.65 bits per heavy atom. The van der Waals surface area contributed by atoms with E-state index in [1.165, 1.54) is 6.42 Å². The molecule has 0 spiro atoms. The van der Waals surface area contributed by atoms with Crippen LogP contribution in [0.1, 0.15) is 29.3 Å². The van der Waals surface area contributed by atoms with Gasteiger partial charge in [-0.15, -0.1) is 0 Å². The van der Waals surface area contributed by atoms with Gasteiger partial charge < -0.3 is 4.90 Å². The molecule has 1 saturated heterocycles. The van der Waals surface area contributed by atoms with Crippen molar-refractivity contribution in [3.05, 3.63) is 23.4 Å². The number of aryl methyl sites for hydroxylation is 1. The second kappa shape index (κ2) is 5.54. The highest BCUT2D eigenvalue weighted by atomic mass is 32.2. The highest BCUT2D eigenvalue weighted by Gasteiger charge is 2.21. The number of aromatic nitrogens is 1. The topological polar surface area (TPSA) is 33.2 Å². The van der Waals surface area contributed by atoms with E-state index >= 15 is 0 Å². The van der Waals surface area contributed by atoms with Crippen LogP contribution in [0, 0.1) is 6.92 Å². The summed E-state index contributed by atoms with van der Waals surface area (Å²) < 4.78 is 0. The number of pyridine rings is 1. The van der Waals surface area contributed by atoms with E-state index in [4.69, 9.17) is 0 Å². The zero-order valence-electron chi connectivity index (χ0n) is 10.3. The van der Waals surface area contributed by atoms with Crippen molar-refractivity contribution in [2.45, 2.75) is 25.5 Å². The van der Waals surface area contributed by atoms with E-state index in [9.17, 15) is 4.79 Å². The molecule has 0 aliphatic carbocycles. The van der Waals surface area contributed by atoms with Crippen LogP contribution in [0.25, 0.3) is 0 Å². The maximum Gasteiger partial charge on any atom is 0.151 e. The van der Waals surface area contributed by atoms with Gasteiger partial charge in [-0.2, -0.15) is 11.8 Å². The summed E-state index contributed by atoms with van der Waals surface area (Å²) in [6.07, 6.45) is 3.72. The molecule has 1 atom stereocenters. The third kappa shape index (κ3) is 2.80. The predicted octanol–water partition coefficient (Wildman–Crippen LogP) is 2.53. The number of anilines is 1. The fraction of sp³-hybridized carbons (Fsp3) is 0.538. The van der Waals surface area contributed by atoms with Crippen LogP contribution in [-0.2, 0) is 0 Å². The lowest BCUT2D eigenvalue weighted by Crippen LogP contribution is -2.38. The number of hydrogen-bond donors (Lipinski definition) is 0. The summed E-state index contributed by atoms with van der Waals surface area (Å²) in [7, 11) is 0. The minimum Gasteiger partial charge on any atom is -0.354 e. The van der Waals surface area contributed by atoms with E-state index in [1.54, 1.807) is 6.20 Å². The molecule has 92 valence electrons. The summed E-state index contributed by atoms with van der Waals surface area (Å²) in [5.74, 6) is 2.20. The molecular formula is C13H18N2OS. The minimum absolute atomic E-state index is 0.657. The summed E-state index contributed by atoms with van der Waals surface area (Å²) in [5.41, 5.74) is 1.75. The van der Waals surface area contributed by atoms with Crippen molar-refractivity contribution in [1.82, 2.24) is 4.98 Å². The minimum atomic E-state index is 0.657. The smallest absolute Gasteiger partial charge is 0.151 e. The second-order valence-electron chi connectivity index (χ2n) is 4.37. The van der Waals surface area contributed by atoms with Gasteiger partial charge in [0, 0.05) is 35.9 Å². The van der Waals surface area contributed by atoms with Gasteiger partial charge in [-0.25, -0.2) is 4.98 Å². The number of rotatable bonds is 3. The molecule has 0 N–H and O–H groups in total. The van der Waals surface area contributed by atoms with Crippen LogP contribution in [0.4, 0.5) is 5.82 Å². The van der Waals surface area contributed by atoms with Crippen molar-refractivity contribution in [2.75, 3.05) is 23.7 Å². The first-order valence-corrected chi connectivity index (χ1v) is 7.08. The maximum atomic E-state index is 10.7. The monoisotopic (exact) mass is 250 g/mol. The molecular weight excluding hydrogens is 232 g/mol. The molecule has 17 heavy (non-hydrogen) atoms. The van der Waals surface area contributed by atoms with Crippen molar-refractivity contribution in [3.63, 3.8) is 0 Å². The third-order valence-electron chi connectivity index (χ3n) is 3.10. The van der Waals surface area contributed by atoms with Crippen molar-refractivity contribution >= 4 is 23.9 Å². The first-order chi connectivity index (χ1) is 8.24. The van der Waals surface area contributed by atoms with Crippen LogP contribution in [0.2, 0.25) is 0 Å². The zero-order valence-corrected chi connectivity index (χ0v) is 11.2. The first-order valence-electron chi connectivity index (χ1n) is 6.03. The Morgan fingerprint density at radius 2 is 2.47 bits per heavy atom. The number of hydrogen-bond acceptors (Lipinski definition) is 4. The Hall–Kier alpha value is -1.03. The fourth-order valence-corrected chi connectivity index (χ4v) is 3.32. The normalized spacial score (nSPS) is 20.4. The van der Waals surface area contributed by atoms with Gasteiger partial charge in [-0.05, 0) is 25.0 Å². The first kappa shape index (κ1) is 12.4. The molecule has 2 heterocycles. The lowest BCUT2D eigenvalue weighted by Gasteiger charge is -2.33. The van der Waals surface area contributed by atoms with Gasteiger partial charge in [0.1, 0.15) is 5.82 Å². The van der Waals surface area contributed by atoms with E-state index in [2.05, 4.69) is 16.8 Å². The highest BCUT2D eigenvalue weighted by molar-refractivity contribution is 8.00. The van der Waals surface area contributed by atoms with Gasteiger partial charge in [-0.1, -0.05) is 6.92 Å². The summed E-state index contributed by atoms with van der Waals surface area (Å²) in [6.45, 7) is 6.37. The van der Waals surface area contributed by atoms with Gasteiger partial charge in [0.25, 0.3) is 0 Å². The largest absolute Gasteiger partial charge is 0.354 e. The van der Waals surface area contributed by atoms with E-state index in [-0.39, 0.29) is 0 Å². The van der Waals surface area contributed by atoms with E-state index in [0.717, 1.165) is 36.5 Å². The van der Waals surface area contributed by atoms with Crippen LogP contribution in [0.5, 0.6) is 0 Å². The number of carbonyl (C=O) groups is 1. The molecule has 1 fully saturated rings. The maximum absolute atomic E-state index is 10.7. The average Bonchev–Trinajstić information content (AvgIpc) is 2.38. The van der Waals surface area contributed by atoms with Crippen LogP contribution in [0.15, 0.2) is 12.3 Å². The van der Waals surface area contributed by atoms with Crippen LogP contribution < -0.4 is 4.90 Å². The van der Waals surface area contributed by atoms with Gasteiger partial charge in [0.15, 0.2) is 6.29 Å². The van der Waals surface area contributed by atoms with Crippen LogP contribution in [-0.4, -0.2) is 35.4 Å². The van der Waals surface area contributed by atoms with Crippen molar-refractivity contribution in [3.8, 4) is 0 Å². The Morgan fingerprint density at radius 3 is 3.12 bits per heavy atom. The number of thioether (sulfide) groups is 1. The van der Waals surface area contributed by atoms with Crippen LogP contribution >= 0.6 is 11.8 Å². The van der Waals surface area contributed by atoms with Gasteiger partial charge in [0.2, 0.25) is 0 Å². The van der Waals surface area contributed by atoms with Gasteiger partial charge in [0.05, 0.1) is 0 Å². The Kier molecular flexibility index (Phi) is 4.05. The van der Waals surface area contributed by atoms with E-state index < -0.39 is 0 Å². The SMILES string of the molecule is CCC1CN(c2ncc(C=O)cc2C)CCS1. The molecule has 1 aromatic heterocycles. The molecule has 4 heteroatoms. The molecule has 2 rings (SSSR count). The van der Waals surface area contributed by atoms with Crippen molar-refractivity contribution < 1.29 is 4.79 Å². The lowest BCUT2D eigenvalue weighted by atomic mass is 10.2. The van der Waals surface area contributed by atoms with E-state index in [1.807, 2.05) is 24.8 Å².